The van der Waals surface area contributed by atoms with E-state index < -0.39 is 94.1 Å². The van der Waals surface area contributed by atoms with Crippen LogP contribution in [0.15, 0.2) is 24.4 Å². The number of carbonyl (C=O) groups is 1. The van der Waals surface area contributed by atoms with Gasteiger partial charge >= 0.3 is 22.3 Å². The molecule has 19 heteroatoms. The fourth-order valence-corrected chi connectivity index (χ4v) is 4.15. The van der Waals surface area contributed by atoms with Gasteiger partial charge in [-0.2, -0.15) is 34.7 Å². The molecule has 3 rings (SSSR count). The van der Waals surface area contributed by atoms with E-state index in [4.69, 9.17) is 16.3 Å². The third kappa shape index (κ3) is 6.71. The van der Waals surface area contributed by atoms with Gasteiger partial charge in [-0.1, -0.05) is 11.6 Å². The van der Waals surface area contributed by atoms with Gasteiger partial charge in [0.2, 0.25) is 5.88 Å². The summed E-state index contributed by atoms with van der Waals surface area (Å²) in [6.45, 7) is -5.25. The van der Waals surface area contributed by atoms with Crippen LogP contribution in [-0.4, -0.2) is 61.3 Å². The van der Waals surface area contributed by atoms with Crippen molar-refractivity contribution in [1.82, 2.24) is 14.0 Å². The Morgan fingerprint density at radius 2 is 1.71 bits per heavy atom. The summed E-state index contributed by atoms with van der Waals surface area (Å²) in [5.41, 5.74) is -1.57. The van der Waals surface area contributed by atoms with E-state index in [1.165, 1.54) is 4.72 Å². The first-order chi connectivity index (χ1) is 17.3. The second-order valence-electron chi connectivity index (χ2n) is 7.72. The Morgan fingerprint density at radius 3 is 2.26 bits per heavy atom. The molecule has 0 spiro atoms. The van der Waals surface area contributed by atoms with E-state index >= 15 is 0 Å². The van der Waals surface area contributed by atoms with Crippen LogP contribution < -0.4 is 14.2 Å². The zero-order valence-electron chi connectivity index (χ0n) is 18.3. The lowest BCUT2D eigenvalue weighted by molar-refractivity contribution is -0.290. The number of pyridine rings is 1. The molecule has 0 bridgehead atoms. The number of hydrogen-bond donors (Lipinski definition) is 1. The Balaban J connectivity index is 1.63. The molecule has 2 aromatic rings. The molecule has 2 heterocycles. The van der Waals surface area contributed by atoms with Crippen molar-refractivity contribution in [2.45, 2.75) is 24.6 Å². The second-order valence-corrected chi connectivity index (χ2v) is 9.80. The number of halogens is 10. The molecule has 1 aromatic carbocycles. The Hall–Kier alpha value is -2.99. The van der Waals surface area contributed by atoms with Gasteiger partial charge < -0.3 is 9.47 Å². The summed E-state index contributed by atoms with van der Waals surface area (Å²) in [5, 5.41) is -0.555. The first-order valence-corrected chi connectivity index (χ1v) is 11.7. The van der Waals surface area contributed by atoms with Gasteiger partial charge in [-0.3, -0.25) is 4.79 Å². The van der Waals surface area contributed by atoms with E-state index in [2.05, 4.69) is 9.72 Å². The van der Waals surface area contributed by atoms with Crippen molar-refractivity contribution in [2.75, 3.05) is 19.7 Å². The SMILES string of the molecule is O=C(NS(=O)(=O)N1CC(F)(F)C1)c1cc(F)c(COc2cnc(OCC(F)(F)C(F)(F)F)c(Cl)c2)cc1F. The minimum absolute atomic E-state index is 0.221. The van der Waals surface area contributed by atoms with Crippen LogP contribution in [0, 0.1) is 11.6 Å². The van der Waals surface area contributed by atoms with E-state index in [0.717, 1.165) is 12.3 Å². The third-order valence-corrected chi connectivity index (χ3v) is 6.39. The lowest BCUT2D eigenvalue weighted by Gasteiger charge is -2.37. The normalized spacial score (nSPS) is 16.1. The standard InChI is InChI=1S/C19H13ClF9N3O5S/c20-12-2-10(4-30-16(12)37-8-18(25,26)19(27,28)29)36-5-9-1-14(22)11(3-13(9)21)15(33)31-38(34,35)32-6-17(23,24)7-32/h1-4H,5-8H2,(H,31,33). The second kappa shape index (κ2) is 10.3. The van der Waals surface area contributed by atoms with Crippen LogP contribution in [0.25, 0.3) is 0 Å². The summed E-state index contributed by atoms with van der Waals surface area (Å²) in [4.78, 5) is 15.5. The van der Waals surface area contributed by atoms with Gasteiger partial charge in [-0.25, -0.2) is 27.3 Å². The summed E-state index contributed by atoms with van der Waals surface area (Å²) in [7, 11) is -4.74. The molecule has 0 radical (unpaired) electrons. The summed E-state index contributed by atoms with van der Waals surface area (Å²) >= 11 is 5.71. The Bertz CT molecular complexity index is 1330. The minimum Gasteiger partial charge on any atom is -0.487 e. The van der Waals surface area contributed by atoms with Crippen LogP contribution in [0.3, 0.4) is 0 Å². The molecule has 38 heavy (non-hydrogen) atoms. The fourth-order valence-electron chi connectivity index (χ4n) is 2.74. The number of alkyl halides is 7. The Kier molecular flexibility index (Phi) is 8.01. The van der Waals surface area contributed by atoms with Gasteiger partial charge in [-0.15, -0.1) is 0 Å². The molecule has 0 unspecified atom stereocenters. The minimum atomic E-state index is -5.88. The van der Waals surface area contributed by atoms with Crippen LogP contribution in [0.2, 0.25) is 5.02 Å². The van der Waals surface area contributed by atoms with E-state index in [9.17, 15) is 52.7 Å². The molecule has 0 saturated carbocycles. The molecule has 1 N–H and O–H groups in total. The largest absolute Gasteiger partial charge is 0.487 e. The number of hydrogen-bond acceptors (Lipinski definition) is 6. The van der Waals surface area contributed by atoms with Crippen molar-refractivity contribution in [3.05, 3.63) is 52.2 Å². The van der Waals surface area contributed by atoms with Gasteiger partial charge in [0, 0.05) is 11.6 Å². The van der Waals surface area contributed by atoms with Crippen molar-refractivity contribution in [3.63, 3.8) is 0 Å². The average molecular weight is 602 g/mol. The number of carbonyl (C=O) groups excluding carboxylic acids is 1. The van der Waals surface area contributed by atoms with E-state index in [1.54, 1.807) is 0 Å². The highest BCUT2D eigenvalue weighted by molar-refractivity contribution is 7.87. The number of aromatic nitrogens is 1. The van der Waals surface area contributed by atoms with Gasteiger partial charge in [0.1, 0.15) is 29.0 Å². The van der Waals surface area contributed by atoms with Crippen LogP contribution in [0.5, 0.6) is 11.6 Å². The summed E-state index contributed by atoms with van der Waals surface area (Å²) in [6, 6.07) is 1.67. The number of benzene rings is 1. The van der Waals surface area contributed by atoms with Gasteiger partial charge in [0.25, 0.3) is 11.8 Å². The predicted octanol–water partition coefficient (Wildman–Crippen LogP) is 4.09. The molecule has 1 aliphatic rings. The first kappa shape index (κ1) is 29.6. The molecule has 1 aromatic heterocycles. The first-order valence-electron chi connectivity index (χ1n) is 9.85. The van der Waals surface area contributed by atoms with Crippen LogP contribution in [0.1, 0.15) is 15.9 Å². The summed E-state index contributed by atoms with van der Waals surface area (Å²) < 4.78 is 152. The molecule has 1 saturated heterocycles. The zero-order chi connectivity index (χ0) is 28.7. The van der Waals surface area contributed by atoms with Crippen molar-refractivity contribution in [1.29, 1.82) is 0 Å². The van der Waals surface area contributed by atoms with Gasteiger partial charge in [0.15, 0.2) is 6.61 Å². The van der Waals surface area contributed by atoms with E-state index in [0.29, 0.717) is 12.1 Å². The average Bonchev–Trinajstić information content (AvgIpc) is 2.75. The maximum Gasteiger partial charge on any atom is 0.456 e. The number of nitrogens with zero attached hydrogens (tertiary/aromatic N) is 2. The quantitative estimate of drug-likeness (QED) is 0.435. The van der Waals surface area contributed by atoms with E-state index in [1.807, 2.05) is 0 Å². The highest BCUT2D eigenvalue weighted by atomic mass is 35.5. The van der Waals surface area contributed by atoms with E-state index in [-0.39, 0.29) is 10.1 Å². The van der Waals surface area contributed by atoms with Crippen LogP contribution in [0.4, 0.5) is 39.5 Å². The highest BCUT2D eigenvalue weighted by Gasteiger charge is 2.58. The Labute approximate surface area is 212 Å². The molecule has 1 amide bonds. The summed E-state index contributed by atoms with van der Waals surface area (Å²) in [6.07, 6.45) is -5.11. The highest BCUT2D eigenvalue weighted by Crippen LogP contribution is 2.36. The number of amides is 1. The van der Waals surface area contributed by atoms with Gasteiger partial charge in [-0.05, 0) is 12.1 Å². The maximum atomic E-state index is 14.4. The molecule has 8 nitrogen and oxygen atoms in total. The lowest BCUT2D eigenvalue weighted by atomic mass is 10.1. The Morgan fingerprint density at radius 1 is 1.08 bits per heavy atom. The van der Waals surface area contributed by atoms with Crippen molar-refractivity contribution in [2.24, 2.45) is 0 Å². The maximum absolute atomic E-state index is 14.4. The molecular weight excluding hydrogens is 589 g/mol. The number of ether oxygens (including phenoxy) is 2. The van der Waals surface area contributed by atoms with Crippen LogP contribution >= 0.6 is 11.6 Å². The fraction of sp³-hybridized carbons (Fsp3) is 0.368. The van der Waals surface area contributed by atoms with Crippen molar-refractivity contribution in [3.8, 4) is 11.6 Å². The number of rotatable bonds is 9. The molecule has 210 valence electrons. The van der Waals surface area contributed by atoms with Crippen molar-refractivity contribution < 1.29 is 62.2 Å². The molecule has 1 fully saturated rings. The van der Waals surface area contributed by atoms with Gasteiger partial charge in [0.05, 0.1) is 24.8 Å². The smallest absolute Gasteiger partial charge is 0.456 e. The number of nitrogens with one attached hydrogen (secondary N) is 1. The topological polar surface area (TPSA) is 97.8 Å². The third-order valence-electron chi connectivity index (χ3n) is 4.74. The summed E-state index contributed by atoms with van der Waals surface area (Å²) in [5.74, 6) is -13.8. The lowest BCUT2D eigenvalue weighted by Crippen LogP contribution is -2.61. The zero-order valence-corrected chi connectivity index (χ0v) is 19.8. The van der Waals surface area contributed by atoms with Crippen LogP contribution in [-0.2, 0) is 16.8 Å². The predicted molar refractivity (Wildman–Crippen MR) is 109 cm³/mol. The molecular formula is C19H13ClF9N3O5S. The van der Waals surface area contributed by atoms with Crippen molar-refractivity contribution >= 4 is 27.7 Å². The molecule has 1 aliphatic heterocycles. The monoisotopic (exact) mass is 601 g/mol. The molecule has 0 aliphatic carbocycles. The molecule has 0 atom stereocenters.